The van der Waals surface area contributed by atoms with Gasteiger partial charge < -0.3 is 10.2 Å². The van der Waals surface area contributed by atoms with Crippen LogP contribution in [0.5, 0.6) is 0 Å². The first-order valence-electron chi connectivity index (χ1n) is 8.28. The van der Waals surface area contributed by atoms with Crippen LogP contribution in [0.2, 0.25) is 0 Å². The molecule has 1 aromatic heterocycles. The second-order valence-electron chi connectivity index (χ2n) is 6.04. The predicted molar refractivity (Wildman–Crippen MR) is 90.2 cm³/mol. The van der Waals surface area contributed by atoms with Gasteiger partial charge in [-0.25, -0.2) is 0 Å². The van der Waals surface area contributed by atoms with Gasteiger partial charge in [0.05, 0.1) is 4.88 Å². The van der Waals surface area contributed by atoms with E-state index in [4.69, 9.17) is 0 Å². The summed E-state index contributed by atoms with van der Waals surface area (Å²) in [4.78, 5) is 16.7. The Morgan fingerprint density at radius 2 is 2.10 bits per heavy atom. The normalized spacial score (nSPS) is 16.3. The molecule has 21 heavy (non-hydrogen) atoms. The second kappa shape index (κ2) is 8.54. The van der Waals surface area contributed by atoms with Gasteiger partial charge in [-0.1, -0.05) is 32.6 Å². The molecule has 0 radical (unpaired) electrons. The van der Waals surface area contributed by atoms with Crippen LogP contribution in [0.3, 0.4) is 0 Å². The fourth-order valence-corrected chi connectivity index (χ4v) is 4.04. The van der Waals surface area contributed by atoms with E-state index >= 15 is 0 Å². The molecular weight excluding hydrogens is 280 g/mol. The van der Waals surface area contributed by atoms with Crippen molar-refractivity contribution in [2.24, 2.45) is 0 Å². The number of carbonyl (C=O) groups excluding carboxylic acids is 1. The summed E-state index contributed by atoms with van der Waals surface area (Å²) in [6.45, 7) is 3.86. The topological polar surface area (TPSA) is 32.3 Å². The first-order valence-corrected chi connectivity index (χ1v) is 9.09. The predicted octanol–water partition coefficient (Wildman–Crippen LogP) is 3.69. The lowest BCUT2D eigenvalue weighted by Crippen LogP contribution is -2.39. The Balaban J connectivity index is 1.70. The molecule has 0 aromatic carbocycles. The summed E-state index contributed by atoms with van der Waals surface area (Å²) in [5.41, 5.74) is 0. The van der Waals surface area contributed by atoms with Gasteiger partial charge in [0.25, 0.3) is 5.91 Å². The van der Waals surface area contributed by atoms with E-state index in [-0.39, 0.29) is 5.91 Å². The number of hydrogen-bond donors (Lipinski definition) is 1. The van der Waals surface area contributed by atoms with E-state index in [1.54, 1.807) is 11.3 Å². The smallest absolute Gasteiger partial charge is 0.261 e. The largest absolute Gasteiger partial charge is 0.350 e. The minimum Gasteiger partial charge on any atom is -0.350 e. The summed E-state index contributed by atoms with van der Waals surface area (Å²) in [6, 6.07) is 4.75. The average molecular weight is 308 g/mol. The van der Waals surface area contributed by atoms with E-state index < -0.39 is 0 Å². The lowest BCUT2D eigenvalue weighted by atomic mass is 9.94. The van der Waals surface area contributed by atoms with E-state index in [9.17, 15) is 4.79 Å². The van der Waals surface area contributed by atoms with Crippen LogP contribution in [-0.2, 0) is 6.42 Å². The maximum atomic E-state index is 12.1. The minimum atomic E-state index is 0.0828. The number of nitrogens with zero attached hydrogens (tertiary/aromatic N) is 1. The quantitative estimate of drug-likeness (QED) is 0.833. The number of aryl methyl sites for hydroxylation is 1. The molecule has 0 saturated heterocycles. The van der Waals surface area contributed by atoms with Crippen molar-refractivity contribution >= 4 is 17.2 Å². The lowest BCUT2D eigenvalue weighted by Gasteiger charge is -2.31. The molecule has 0 unspecified atom stereocenters. The van der Waals surface area contributed by atoms with Crippen LogP contribution < -0.4 is 5.32 Å². The van der Waals surface area contributed by atoms with Gasteiger partial charge in [0.15, 0.2) is 0 Å². The van der Waals surface area contributed by atoms with Crippen LogP contribution in [0.15, 0.2) is 12.1 Å². The minimum absolute atomic E-state index is 0.0828. The summed E-state index contributed by atoms with van der Waals surface area (Å²) in [7, 11) is 2.19. The Morgan fingerprint density at radius 1 is 1.33 bits per heavy atom. The molecule has 1 amide bonds. The molecule has 1 aliphatic carbocycles. The summed E-state index contributed by atoms with van der Waals surface area (Å²) in [5, 5.41) is 3.05. The summed E-state index contributed by atoms with van der Waals surface area (Å²) in [6.07, 6.45) is 8.94. The molecule has 0 atom stereocenters. The van der Waals surface area contributed by atoms with Gasteiger partial charge in [0.2, 0.25) is 0 Å². The fraction of sp³-hybridized carbons (Fsp3) is 0.706. The zero-order valence-electron chi connectivity index (χ0n) is 13.4. The van der Waals surface area contributed by atoms with E-state index in [1.165, 1.54) is 37.0 Å². The molecule has 2 rings (SSSR count). The molecule has 1 heterocycles. The Labute approximate surface area is 132 Å². The third-order valence-electron chi connectivity index (χ3n) is 4.33. The van der Waals surface area contributed by atoms with Crippen LogP contribution in [-0.4, -0.2) is 37.0 Å². The van der Waals surface area contributed by atoms with Crippen molar-refractivity contribution in [2.45, 2.75) is 57.9 Å². The fourth-order valence-electron chi connectivity index (χ4n) is 3.02. The van der Waals surface area contributed by atoms with Crippen molar-refractivity contribution in [3.63, 3.8) is 0 Å². The molecule has 1 fully saturated rings. The Morgan fingerprint density at radius 3 is 2.81 bits per heavy atom. The highest BCUT2D eigenvalue weighted by atomic mass is 32.1. The number of thiophene rings is 1. The van der Waals surface area contributed by atoms with E-state index in [2.05, 4.69) is 30.3 Å². The van der Waals surface area contributed by atoms with Gasteiger partial charge >= 0.3 is 0 Å². The highest BCUT2D eigenvalue weighted by molar-refractivity contribution is 7.14. The Hall–Kier alpha value is -0.870. The monoisotopic (exact) mass is 308 g/mol. The van der Waals surface area contributed by atoms with Crippen molar-refractivity contribution in [1.82, 2.24) is 10.2 Å². The molecule has 1 aromatic rings. The number of amides is 1. The number of likely N-dealkylation sites (N-methyl/N-ethyl adjacent to an activating group) is 1. The summed E-state index contributed by atoms with van der Waals surface area (Å²) >= 11 is 1.63. The highest BCUT2D eigenvalue weighted by Crippen LogP contribution is 2.21. The highest BCUT2D eigenvalue weighted by Gasteiger charge is 2.17. The summed E-state index contributed by atoms with van der Waals surface area (Å²) < 4.78 is 0. The molecule has 1 aliphatic rings. The number of hydrogen-bond acceptors (Lipinski definition) is 3. The second-order valence-corrected chi connectivity index (χ2v) is 7.21. The molecule has 3 nitrogen and oxygen atoms in total. The summed E-state index contributed by atoms with van der Waals surface area (Å²) in [5.74, 6) is 0.0828. The zero-order chi connectivity index (χ0) is 15.1. The SMILES string of the molecule is CCCc1ccc(C(=O)NCCN(C)C2CCCCC2)s1. The van der Waals surface area contributed by atoms with Crippen LogP contribution in [0.25, 0.3) is 0 Å². The van der Waals surface area contributed by atoms with Gasteiger partial charge in [-0.2, -0.15) is 0 Å². The molecular formula is C17H28N2OS. The number of rotatable bonds is 7. The van der Waals surface area contributed by atoms with Crippen molar-refractivity contribution in [3.8, 4) is 0 Å². The average Bonchev–Trinajstić information content (AvgIpc) is 2.97. The molecule has 118 valence electrons. The van der Waals surface area contributed by atoms with Gasteiger partial charge in [-0.3, -0.25) is 4.79 Å². The van der Waals surface area contributed by atoms with Gasteiger partial charge in [0.1, 0.15) is 0 Å². The standard InChI is InChI=1S/C17H28N2OS/c1-3-7-15-10-11-16(21-15)17(20)18-12-13-19(2)14-8-5-4-6-9-14/h10-11,14H,3-9,12-13H2,1-2H3,(H,18,20). The Kier molecular flexibility index (Phi) is 6.71. The van der Waals surface area contributed by atoms with E-state index in [0.717, 1.165) is 30.8 Å². The third-order valence-corrected chi connectivity index (χ3v) is 5.47. The van der Waals surface area contributed by atoms with Crippen molar-refractivity contribution < 1.29 is 4.79 Å². The molecule has 1 N–H and O–H groups in total. The number of carbonyl (C=O) groups is 1. The maximum Gasteiger partial charge on any atom is 0.261 e. The molecule has 4 heteroatoms. The first kappa shape index (κ1) is 16.5. The van der Waals surface area contributed by atoms with Crippen molar-refractivity contribution in [1.29, 1.82) is 0 Å². The third kappa shape index (κ3) is 5.11. The van der Waals surface area contributed by atoms with Crippen molar-refractivity contribution in [3.05, 3.63) is 21.9 Å². The first-order chi connectivity index (χ1) is 10.2. The zero-order valence-corrected chi connectivity index (χ0v) is 14.2. The molecule has 1 saturated carbocycles. The van der Waals surface area contributed by atoms with Crippen LogP contribution in [0, 0.1) is 0 Å². The number of nitrogens with one attached hydrogen (secondary N) is 1. The molecule has 0 spiro atoms. The van der Waals surface area contributed by atoms with Gasteiger partial charge in [-0.15, -0.1) is 11.3 Å². The van der Waals surface area contributed by atoms with Crippen molar-refractivity contribution in [2.75, 3.05) is 20.1 Å². The molecule has 0 bridgehead atoms. The van der Waals surface area contributed by atoms with Crippen LogP contribution >= 0.6 is 11.3 Å². The van der Waals surface area contributed by atoms with E-state index in [1.807, 2.05) is 6.07 Å². The Bertz CT molecular complexity index is 438. The van der Waals surface area contributed by atoms with Gasteiger partial charge in [-0.05, 0) is 38.4 Å². The maximum absolute atomic E-state index is 12.1. The van der Waals surface area contributed by atoms with Crippen LogP contribution in [0.4, 0.5) is 0 Å². The molecule has 0 aliphatic heterocycles. The van der Waals surface area contributed by atoms with Gasteiger partial charge in [0, 0.05) is 24.0 Å². The van der Waals surface area contributed by atoms with E-state index in [0.29, 0.717) is 6.04 Å². The van der Waals surface area contributed by atoms with Crippen LogP contribution in [0.1, 0.15) is 60.0 Å². The lowest BCUT2D eigenvalue weighted by molar-refractivity contribution is 0.0948.